The number of carbonyl (C=O) groups excluding carboxylic acids is 2. The van der Waals surface area contributed by atoms with E-state index in [1.807, 2.05) is 24.3 Å². The molecule has 0 unspecified atom stereocenters. The summed E-state index contributed by atoms with van der Waals surface area (Å²) < 4.78 is 0.855. The molecule has 2 atom stereocenters. The van der Waals surface area contributed by atoms with Crippen LogP contribution in [0.25, 0.3) is 10.2 Å². The molecule has 8 nitrogen and oxygen atoms in total. The zero-order valence-corrected chi connectivity index (χ0v) is 18.6. The van der Waals surface area contributed by atoms with E-state index in [0.717, 1.165) is 39.2 Å². The van der Waals surface area contributed by atoms with E-state index in [4.69, 9.17) is 5.73 Å². The molecule has 1 aliphatic rings. The Labute approximate surface area is 189 Å². The first-order chi connectivity index (χ1) is 15.3. The fourth-order valence-corrected chi connectivity index (χ4v) is 4.87. The summed E-state index contributed by atoms with van der Waals surface area (Å²) >= 11 is 1.14. The Kier molecular flexibility index (Phi) is 6.40. The first-order valence-corrected chi connectivity index (χ1v) is 11.3. The molecule has 0 saturated carbocycles. The molecule has 1 aromatic heterocycles. The van der Waals surface area contributed by atoms with Gasteiger partial charge in [0.2, 0.25) is 11.8 Å². The maximum Gasteiger partial charge on any atom is 0.305 e. The van der Waals surface area contributed by atoms with Crippen molar-refractivity contribution < 1.29 is 14.7 Å². The number of aromatic nitrogens is 1. The third kappa shape index (κ3) is 4.90. The Morgan fingerprint density at radius 1 is 1.31 bits per heavy atom. The molecule has 1 fully saturated rings. The molecule has 0 aliphatic carbocycles. The predicted molar refractivity (Wildman–Crippen MR) is 124 cm³/mol. The number of nitrogens with zero attached hydrogens (tertiary/aromatic N) is 2. The van der Waals surface area contributed by atoms with Gasteiger partial charge in [-0.2, -0.15) is 0 Å². The average Bonchev–Trinajstić information content (AvgIpc) is 3.35. The average molecular weight is 455 g/mol. The Hall–Kier alpha value is -3.01. The summed E-state index contributed by atoms with van der Waals surface area (Å²) in [5.41, 5.74) is 8.21. The molecule has 3 aromatic rings. The normalized spacial score (nSPS) is 17.5. The predicted octanol–water partition coefficient (Wildman–Crippen LogP) is 1.50. The van der Waals surface area contributed by atoms with Gasteiger partial charge in [0.25, 0.3) is 0 Å². The van der Waals surface area contributed by atoms with E-state index in [-0.39, 0.29) is 29.3 Å². The summed E-state index contributed by atoms with van der Waals surface area (Å²) in [4.78, 5) is 43.0. The molecule has 168 valence electrons. The molecule has 2 aromatic carbocycles. The number of thiazole rings is 1. The van der Waals surface area contributed by atoms with Crippen molar-refractivity contribution in [3.63, 3.8) is 0 Å². The van der Waals surface area contributed by atoms with Crippen LogP contribution in [0.3, 0.4) is 0 Å². The number of β-amino-alcohol motifs (C(OH)–C–C–N with tert-alkyl or cyclic N) is 1. The van der Waals surface area contributed by atoms with E-state index in [1.165, 1.54) is 0 Å². The largest absolute Gasteiger partial charge is 0.392 e. The number of carbonyl (C=O) groups is 2. The minimum Gasteiger partial charge on any atom is -0.392 e. The molecule has 1 aliphatic heterocycles. The third-order valence-electron chi connectivity index (χ3n) is 5.93. The highest BCUT2D eigenvalue weighted by atomic mass is 32.1. The van der Waals surface area contributed by atoms with Gasteiger partial charge in [-0.15, -0.1) is 0 Å². The molecular formula is C23H26N4O4S. The van der Waals surface area contributed by atoms with Crippen molar-refractivity contribution in [2.45, 2.75) is 25.0 Å². The van der Waals surface area contributed by atoms with Crippen molar-refractivity contribution in [1.82, 2.24) is 14.8 Å². The van der Waals surface area contributed by atoms with Gasteiger partial charge in [-0.1, -0.05) is 29.5 Å². The van der Waals surface area contributed by atoms with Crippen LogP contribution in [0.2, 0.25) is 0 Å². The Morgan fingerprint density at radius 3 is 2.84 bits per heavy atom. The number of nitrogens with one attached hydrogen (secondary N) is 1. The van der Waals surface area contributed by atoms with Crippen molar-refractivity contribution in [3.8, 4) is 0 Å². The lowest BCUT2D eigenvalue weighted by atomic mass is 10.0. The number of hydrogen-bond acceptors (Lipinski definition) is 6. The Balaban J connectivity index is 1.58. The van der Waals surface area contributed by atoms with Gasteiger partial charge >= 0.3 is 4.87 Å². The van der Waals surface area contributed by atoms with Gasteiger partial charge in [0.15, 0.2) is 0 Å². The summed E-state index contributed by atoms with van der Waals surface area (Å²) in [6.45, 7) is 1.84. The van der Waals surface area contributed by atoms with E-state index in [9.17, 15) is 19.5 Å². The second kappa shape index (κ2) is 9.23. The molecule has 0 bridgehead atoms. The van der Waals surface area contributed by atoms with Crippen LogP contribution in [-0.2, 0) is 11.2 Å². The molecule has 2 heterocycles. The number of aliphatic hydroxyl groups excluding tert-OH is 1. The molecule has 4 N–H and O–H groups in total. The maximum absolute atomic E-state index is 13.2. The fraction of sp³-hybridized carbons (Fsp3) is 0.348. The van der Waals surface area contributed by atoms with Crippen molar-refractivity contribution >= 4 is 33.4 Å². The monoisotopic (exact) mass is 454 g/mol. The summed E-state index contributed by atoms with van der Waals surface area (Å²) in [5, 5.41) is 9.92. The quantitative estimate of drug-likeness (QED) is 0.500. The summed E-state index contributed by atoms with van der Waals surface area (Å²) in [7, 11) is 1.75. The van der Waals surface area contributed by atoms with E-state index in [1.54, 1.807) is 30.1 Å². The maximum atomic E-state index is 13.2. The van der Waals surface area contributed by atoms with Crippen LogP contribution in [0.15, 0.2) is 47.3 Å². The number of benzene rings is 2. The smallest absolute Gasteiger partial charge is 0.305 e. The van der Waals surface area contributed by atoms with Crippen molar-refractivity contribution in [3.05, 3.63) is 68.8 Å². The zero-order valence-electron chi connectivity index (χ0n) is 17.8. The van der Waals surface area contributed by atoms with Crippen LogP contribution in [0.5, 0.6) is 0 Å². The molecule has 9 heteroatoms. The lowest BCUT2D eigenvalue weighted by molar-refractivity contribution is -0.131. The van der Waals surface area contributed by atoms with Gasteiger partial charge in [-0.3, -0.25) is 19.3 Å². The van der Waals surface area contributed by atoms with Gasteiger partial charge in [0, 0.05) is 32.2 Å². The number of amides is 2. The number of rotatable bonds is 7. The molecule has 1 saturated heterocycles. The van der Waals surface area contributed by atoms with E-state index in [2.05, 4.69) is 9.88 Å². The molecule has 0 spiro atoms. The fourth-order valence-electron chi connectivity index (χ4n) is 4.16. The Bertz CT molecular complexity index is 1200. The molecule has 0 radical (unpaired) electrons. The standard InChI is InChI=1S/C23H26N4O4S/c1-26(21(29)10-14-5-6-20-18(9-14)25-23(31)32-20)19(13-27-8-7-17(28)12-27)15-3-2-4-16(11-15)22(24)30/h2-6,9,11,17,19,28H,7-8,10,12-13H2,1H3,(H2,24,30)(H,25,31)/t17-,19+/m0/s1. The highest BCUT2D eigenvalue weighted by Gasteiger charge is 2.28. The second-order valence-electron chi connectivity index (χ2n) is 8.23. The molecular weight excluding hydrogens is 428 g/mol. The highest BCUT2D eigenvalue weighted by Crippen LogP contribution is 2.25. The Morgan fingerprint density at radius 2 is 2.12 bits per heavy atom. The van der Waals surface area contributed by atoms with Gasteiger partial charge < -0.3 is 20.7 Å². The molecule has 2 amide bonds. The van der Waals surface area contributed by atoms with Crippen LogP contribution >= 0.6 is 11.3 Å². The number of aliphatic hydroxyl groups is 1. The lowest BCUT2D eigenvalue weighted by Crippen LogP contribution is -2.39. The van der Waals surface area contributed by atoms with Gasteiger partial charge in [0.05, 0.1) is 28.8 Å². The number of nitrogens with two attached hydrogens (primary N) is 1. The number of likely N-dealkylation sites (N-methyl/N-ethyl adjacent to an activating group) is 1. The first kappa shape index (κ1) is 22.2. The number of H-pyrrole nitrogens is 1. The summed E-state index contributed by atoms with van der Waals surface area (Å²) in [6, 6.07) is 12.3. The minimum atomic E-state index is -0.519. The third-order valence-corrected chi connectivity index (χ3v) is 6.80. The van der Waals surface area contributed by atoms with E-state index in [0.29, 0.717) is 25.1 Å². The van der Waals surface area contributed by atoms with Crippen molar-refractivity contribution in [2.24, 2.45) is 5.73 Å². The number of likely N-dealkylation sites (tertiary alicyclic amines) is 1. The molecule has 4 rings (SSSR count). The minimum absolute atomic E-state index is 0.0869. The van der Waals surface area contributed by atoms with Crippen LogP contribution < -0.4 is 10.6 Å². The summed E-state index contributed by atoms with van der Waals surface area (Å²) in [5.74, 6) is -0.606. The molecule has 32 heavy (non-hydrogen) atoms. The number of fused-ring (bicyclic) bond motifs is 1. The first-order valence-electron chi connectivity index (χ1n) is 10.5. The van der Waals surface area contributed by atoms with Crippen LogP contribution in [-0.4, -0.2) is 64.5 Å². The van der Waals surface area contributed by atoms with Crippen LogP contribution in [0.1, 0.15) is 33.9 Å². The van der Waals surface area contributed by atoms with Gasteiger partial charge in [-0.05, 0) is 41.8 Å². The second-order valence-corrected chi connectivity index (χ2v) is 9.25. The lowest BCUT2D eigenvalue weighted by Gasteiger charge is -2.32. The summed E-state index contributed by atoms with van der Waals surface area (Å²) in [6.07, 6.45) is 0.511. The topological polar surface area (TPSA) is 120 Å². The van der Waals surface area contributed by atoms with Gasteiger partial charge in [-0.25, -0.2) is 0 Å². The highest BCUT2D eigenvalue weighted by molar-refractivity contribution is 7.16. The van der Waals surface area contributed by atoms with Crippen LogP contribution in [0, 0.1) is 0 Å². The van der Waals surface area contributed by atoms with Crippen molar-refractivity contribution in [1.29, 1.82) is 0 Å². The zero-order chi connectivity index (χ0) is 22.8. The number of hydrogen-bond donors (Lipinski definition) is 3. The van der Waals surface area contributed by atoms with E-state index >= 15 is 0 Å². The SMILES string of the molecule is CN(C(=O)Cc1ccc2sc(=O)[nH]c2c1)[C@H](CN1CC[C@H](O)C1)c1cccc(C(N)=O)c1. The van der Waals surface area contributed by atoms with Gasteiger partial charge in [0.1, 0.15) is 0 Å². The number of aromatic amines is 1. The number of primary amides is 1. The van der Waals surface area contributed by atoms with E-state index < -0.39 is 5.91 Å². The van der Waals surface area contributed by atoms with Crippen molar-refractivity contribution in [2.75, 3.05) is 26.7 Å². The van der Waals surface area contributed by atoms with Crippen LogP contribution in [0.4, 0.5) is 0 Å².